The van der Waals surface area contributed by atoms with E-state index in [1.807, 2.05) is 40.1 Å². The Balaban J connectivity index is 1.23. The molecule has 1 spiro atoms. The molecule has 0 bridgehead atoms. The van der Waals surface area contributed by atoms with E-state index in [0.29, 0.717) is 38.3 Å². The van der Waals surface area contributed by atoms with Crippen LogP contribution in [0.1, 0.15) is 36.2 Å². The molecule has 7 nitrogen and oxygen atoms in total. The molecule has 2 saturated heterocycles. The lowest BCUT2D eigenvalue weighted by Crippen LogP contribution is -2.63. The van der Waals surface area contributed by atoms with Crippen molar-refractivity contribution in [2.24, 2.45) is 22.7 Å². The number of likely N-dealkylation sites (tertiary alicyclic amines) is 2. The maximum absolute atomic E-state index is 13.1. The van der Waals surface area contributed by atoms with Crippen molar-refractivity contribution in [3.8, 4) is 0 Å². The summed E-state index contributed by atoms with van der Waals surface area (Å²) in [5.74, 6) is 0.320. The Kier molecular flexibility index (Phi) is 4.70. The second-order valence-electron chi connectivity index (χ2n) is 10.3. The van der Waals surface area contributed by atoms with Gasteiger partial charge in [0.15, 0.2) is 0 Å². The third-order valence-electron chi connectivity index (χ3n) is 7.52. The van der Waals surface area contributed by atoms with Crippen molar-refractivity contribution < 1.29 is 14.7 Å². The van der Waals surface area contributed by atoms with Crippen LogP contribution in [0, 0.1) is 22.7 Å². The summed E-state index contributed by atoms with van der Waals surface area (Å²) in [6, 6.07) is 10.0. The number of aliphatic hydroxyl groups excluding tert-OH is 1. The molecule has 2 aromatic rings. The SMILES string of the molecule is CC1(C)C[C@@H]1C(=O)N1CC2(CN(C(=O)c3cnn(Cc4ccccc4)c3)C[C@@H]2CO)C1. The van der Waals surface area contributed by atoms with E-state index in [1.54, 1.807) is 17.1 Å². The fourth-order valence-corrected chi connectivity index (χ4v) is 5.29. The zero-order valence-electron chi connectivity index (χ0n) is 18.2. The second-order valence-corrected chi connectivity index (χ2v) is 10.3. The summed E-state index contributed by atoms with van der Waals surface area (Å²) in [5.41, 5.74) is 1.63. The first kappa shape index (κ1) is 20.2. The molecular weight excluding hydrogens is 392 g/mol. The zero-order chi connectivity index (χ0) is 21.8. The van der Waals surface area contributed by atoms with Crippen molar-refractivity contribution in [1.82, 2.24) is 19.6 Å². The standard InChI is InChI=1S/C24H30N4O3/c1-23(2)8-20(23)22(31)27-15-24(16-27)14-26(12-19(24)13-29)21(30)18-9-25-28(11-18)10-17-6-4-3-5-7-17/h3-7,9,11,19-20,29H,8,10,12-16H2,1-2H3/t19-,20-/m1/s1. The molecule has 7 heteroatoms. The van der Waals surface area contributed by atoms with Crippen LogP contribution < -0.4 is 0 Å². The molecule has 3 fully saturated rings. The van der Waals surface area contributed by atoms with Crippen LogP contribution in [0.4, 0.5) is 0 Å². The fraction of sp³-hybridized carbons (Fsp3) is 0.542. The Labute approximate surface area is 182 Å². The molecular formula is C24H30N4O3. The number of aliphatic hydroxyl groups is 1. The van der Waals surface area contributed by atoms with E-state index < -0.39 is 0 Å². The molecule has 1 saturated carbocycles. The van der Waals surface area contributed by atoms with Gasteiger partial charge in [-0.05, 0) is 17.4 Å². The number of carbonyl (C=O) groups excluding carboxylic acids is 2. The molecule has 3 aliphatic rings. The van der Waals surface area contributed by atoms with E-state index in [1.165, 1.54) is 0 Å². The molecule has 164 valence electrons. The molecule has 1 aromatic carbocycles. The molecule has 3 heterocycles. The topological polar surface area (TPSA) is 78.7 Å². The third kappa shape index (κ3) is 3.55. The van der Waals surface area contributed by atoms with E-state index in [4.69, 9.17) is 0 Å². The van der Waals surface area contributed by atoms with E-state index in [9.17, 15) is 14.7 Å². The van der Waals surface area contributed by atoms with Crippen molar-refractivity contribution in [3.05, 3.63) is 53.9 Å². The second kappa shape index (κ2) is 7.19. The van der Waals surface area contributed by atoms with Gasteiger partial charge in [0.2, 0.25) is 5.91 Å². The van der Waals surface area contributed by atoms with Crippen LogP contribution in [0.3, 0.4) is 0 Å². The normalized spacial score (nSPS) is 25.5. The Hall–Kier alpha value is -2.67. The van der Waals surface area contributed by atoms with Crippen LogP contribution in [0.5, 0.6) is 0 Å². The zero-order valence-corrected chi connectivity index (χ0v) is 18.2. The molecule has 0 radical (unpaired) electrons. The fourth-order valence-electron chi connectivity index (χ4n) is 5.29. The number of amides is 2. The van der Waals surface area contributed by atoms with Gasteiger partial charge in [0, 0.05) is 56.2 Å². The predicted octanol–water partition coefficient (Wildman–Crippen LogP) is 1.87. The quantitative estimate of drug-likeness (QED) is 0.798. The largest absolute Gasteiger partial charge is 0.396 e. The first-order chi connectivity index (χ1) is 14.8. The van der Waals surface area contributed by atoms with Crippen LogP contribution in [0.2, 0.25) is 0 Å². The minimum absolute atomic E-state index is 0.00655. The highest BCUT2D eigenvalue weighted by molar-refractivity contribution is 5.94. The van der Waals surface area contributed by atoms with Crippen molar-refractivity contribution >= 4 is 11.8 Å². The average Bonchev–Trinajstić information content (AvgIpc) is 3.09. The average molecular weight is 423 g/mol. The Morgan fingerprint density at radius 3 is 2.45 bits per heavy atom. The smallest absolute Gasteiger partial charge is 0.257 e. The summed E-state index contributed by atoms with van der Waals surface area (Å²) in [4.78, 5) is 29.6. The number of hydrogen-bond donors (Lipinski definition) is 1. The van der Waals surface area contributed by atoms with Gasteiger partial charge in [0.05, 0.1) is 18.3 Å². The van der Waals surface area contributed by atoms with Gasteiger partial charge in [0.25, 0.3) is 5.91 Å². The molecule has 5 rings (SSSR count). The summed E-state index contributed by atoms with van der Waals surface area (Å²) in [6.45, 7) is 7.31. The van der Waals surface area contributed by atoms with Gasteiger partial charge in [0.1, 0.15) is 0 Å². The predicted molar refractivity (Wildman–Crippen MR) is 115 cm³/mol. The van der Waals surface area contributed by atoms with E-state index in [-0.39, 0.29) is 41.1 Å². The number of hydrogen-bond acceptors (Lipinski definition) is 4. The molecule has 2 amide bonds. The van der Waals surface area contributed by atoms with Gasteiger partial charge >= 0.3 is 0 Å². The third-order valence-corrected chi connectivity index (χ3v) is 7.52. The van der Waals surface area contributed by atoms with Crippen molar-refractivity contribution in [1.29, 1.82) is 0 Å². The number of rotatable bonds is 5. The van der Waals surface area contributed by atoms with Crippen LogP contribution in [0.15, 0.2) is 42.7 Å². The summed E-state index contributed by atoms with van der Waals surface area (Å²) in [6.07, 6.45) is 4.37. The molecule has 0 unspecified atom stereocenters. The molecule has 2 aliphatic heterocycles. The van der Waals surface area contributed by atoms with Gasteiger partial charge in [-0.3, -0.25) is 14.3 Å². The van der Waals surface area contributed by atoms with Crippen molar-refractivity contribution in [2.45, 2.75) is 26.8 Å². The first-order valence-corrected chi connectivity index (χ1v) is 11.1. The summed E-state index contributed by atoms with van der Waals surface area (Å²) >= 11 is 0. The minimum Gasteiger partial charge on any atom is -0.396 e. The van der Waals surface area contributed by atoms with Crippen LogP contribution in [-0.4, -0.2) is 69.3 Å². The van der Waals surface area contributed by atoms with Gasteiger partial charge in [-0.1, -0.05) is 44.2 Å². The lowest BCUT2D eigenvalue weighted by molar-refractivity contribution is -0.148. The van der Waals surface area contributed by atoms with Gasteiger partial charge in [-0.25, -0.2) is 0 Å². The van der Waals surface area contributed by atoms with Gasteiger partial charge in [-0.15, -0.1) is 0 Å². The maximum Gasteiger partial charge on any atom is 0.257 e. The minimum atomic E-state index is -0.181. The van der Waals surface area contributed by atoms with Crippen LogP contribution in [-0.2, 0) is 11.3 Å². The lowest BCUT2D eigenvalue weighted by Gasteiger charge is -2.50. The van der Waals surface area contributed by atoms with Crippen LogP contribution >= 0.6 is 0 Å². The molecule has 1 aliphatic carbocycles. The van der Waals surface area contributed by atoms with Crippen molar-refractivity contribution in [3.63, 3.8) is 0 Å². The van der Waals surface area contributed by atoms with E-state index in [0.717, 1.165) is 12.0 Å². The molecule has 1 N–H and O–H groups in total. The number of nitrogens with zero attached hydrogens (tertiary/aromatic N) is 4. The highest BCUT2D eigenvalue weighted by Crippen LogP contribution is 2.54. The molecule has 31 heavy (non-hydrogen) atoms. The van der Waals surface area contributed by atoms with Crippen LogP contribution in [0.25, 0.3) is 0 Å². The first-order valence-electron chi connectivity index (χ1n) is 11.1. The van der Waals surface area contributed by atoms with Gasteiger partial charge < -0.3 is 14.9 Å². The highest BCUT2D eigenvalue weighted by Gasteiger charge is 2.60. The number of aromatic nitrogens is 2. The van der Waals surface area contributed by atoms with Crippen molar-refractivity contribution in [2.75, 3.05) is 32.8 Å². The summed E-state index contributed by atoms with van der Waals surface area (Å²) in [5, 5.41) is 14.3. The van der Waals surface area contributed by atoms with E-state index in [2.05, 4.69) is 18.9 Å². The van der Waals surface area contributed by atoms with E-state index >= 15 is 0 Å². The monoisotopic (exact) mass is 422 g/mol. The molecule has 1 aromatic heterocycles. The Morgan fingerprint density at radius 1 is 1.13 bits per heavy atom. The maximum atomic E-state index is 13.1. The number of benzene rings is 1. The Bertz CT molecular complexity index is 993. The summed E-state index contributed by atoms with van der Waals surface area (Å²) in [7, 11) is 0. The lowest BCUT2D eigenvalue weighted by atomic mass is 9.71. The molecule has 2 atom stereocenters. The Morgan fingerprint density at radius 2 is 1.81 bits per heavy atom. The number of carbonyl (C=O) groups is 2. The highest BCUT2D eigenvalue weighted by atomic mass is 16.3. The summed E-state index contributed by atoms with van der Waals surface area (Å²) < 4.78 is 1.78. The van der Waals surface area contributed by atoms with Gasteiger partial charge in [-0.2, -0.15) is 5.10 Å².